The van der Waals surface area contributed by atoms with Crippen molar-refractivity contribution in [2.75, 3.05) is 5.32 Å². The quantitative estimate of drug-likeness (QED) is 0.870. The molecule has 2 N–H and O–H groups in total. The van der Waals surface area contributed by atoms with Crippen LogP contribution in [0.15, 0.2) is 29.1 Å². The van der Waals surface area contributed by atoms with E-state index in [1.54, 1.807) is 12.1 Å². The fourth-order valence-corrected chi connectivity index (χ4v) is 2.81. The number of halogens is 2. The Morgan fingerprint density at radius 1 is 1.09 bits per heavy atom. The molecule has 1 heterocycles. The minimum absolute atomic E-state index is 0.0638. The molecule has 0 spiro atoms. The van der Waals surface area contributed by atoms with Gasteiger partial charge in [0.05, 0.1) is 10.0 Å². The first-order valence-corrected chi connectivity index (χ1v) is 7.77. The van der Waals surface area contributed by atoms with E-state index in [4.69, 9.17) is 23.2 Å². The van der Waals surface area contributed by atoms with Gasteiger partial charge in [0.15, 0.2) is 5.78 Å². The lowest BCUT2D eigenvalue weighted by molar-refractivity contribution is 0.0971. The third-order valence-electron chi connectivity index (χ3n) is 3.68. The van der Waals surface area contributed by atoms with E-state index in [0.717, 1.165) is 0 Å². The molecule has 7 heteroatoms. The molecule has 1 amide bonds. The lowest BCUT2D eigenvalue weighted by Crippen LogP contribution is -2.27. The molecule has 0 fully saturated rings. The minimum atomic E-state index is -0.606. The number of ketones is 1. The van der Waals surface area contributed by atoms with E-state index in [1.165, 1.54) is 12.1 Å². The fraction of sp³-hybridized carbons (Fsp3) is 0.188. The van der Waals surface area contributed by atoms with Crippen molar-refractivity contribution in [3.8, 4) is 0 Å². The summed E-state index contributed by atoms with van der Waals surface area (Å²) in [5.74, 6) is -0.670. The number of Topliss-reactive ketones (excluding diaryl/α,β-unsaturated/α-hetero) is 1. The SMILES string of the molecule is O=C1CCCc2[nH]c(=O)c(C(=O)Nc3ccc(Cl)c(Cl)c3)cc21. The Kier molecular flexibility index (Phi) is 4.24. The zero-order valence-electron chi connectivity index (χ0n) is 11.9. The van der Waals surface area contributed by atoms with Crippen LogP contribution in [0.5, 0.6) is 0 Å². The Bertz CT molecular complexity index is 874. The summed E-state index contributed by atoms with van der Waals surface area (Å²) in [5, 5.41) is 3.23. The van der Waals surface area contributed by atoms with Crippen LogP contribution in [-0.4, -0.2) is 16.7 Å². The van der Waals surface area contributed by atoms with E-state index in [1.807, 2.05) is 0 Å². The van der Waals surface area contributed by atoms with E-state index in [-0.39, 0.29) is 11.3 Å². The number of pyridine rings is 1. The number of H-pyrrole nitrogens is 1. The predicted octanol–water partition coefficient (Wildman–Crippen LogP) is 3.45. The Balaban J connectivity index is 1.93. The Hall–Kier alpha value is -2.11. The largest absolute Gasteiger partial charge is 0.325 e. The molecular weight excluding hydrogens is 339 g/mol. The van der Waals surface area contributed by atoms with Crippen molar-refractivity contribution in [1.29, 1.82) is 0 Å². The first kappa shape index (κ1) is 15.8. The summed E-state index contributed by atoms with van der Waals surface area (Å²) < 4.78 is 0. The van der Waals surface area contributed by atoms with Crippen molar-refractivity contribution in [2.45, 2.75) is 19.3 Å². The summed E-state index contributed by atoms with van der Waals surface area (Å²) in [6.07, 6.45) is 1.76. The maximum absolute atomic E-state index is 12.3. The monoisotopic (exact) mass is 350 g/mol. The van der Waals surface area contributed by atoms with Crippen molar-refractivity contribution in [3.05, 3.63) is 61.5 Å². The van der Waals surface area contributed by atoms with Gasteiger partial charge in [0.25, 0.3) is 11.5 Å². The molecule has 0 atom stereocenters. The summed E-state index contributed by atoms with van der Waals surface area (Å²) in [4.78, 5) is 38.9. The lowest BCUT2D eigenvalue weighted by atomic mass is 9.93. The highest BCUT2D eigenvalue weighted by atomic mass is 35.5. The van der Waals surface area contributed by atoms with E-state index in [0.29, 0.717) is 46.3 Å². The van der Waals surface area contributed by atoms with E-state index in [9.17, 15) is 14.4 Å². The van der Waals surface area contributed by atoms with Crippen molar-refractivity contribution >= 4 is 40.6 Å². The highest BCUT2D eigenvalue weighted by Gasteiger charge is 2.22. The number of rotatable bonds is 2. The number of carbonyl (C=O) groups excluding carboxylic acids is 2. The molecule has 1 aliphatic rings. The summed E-state index contributed by atoms with van der Waals surface area (Å²) in [7, 11) is 0. The van der Waals surface area contributed by atoms with Crippen LogP contribution in [0.1, 0.15) is 39.3 Å². The number of hydrogen-bond acceptors (Lipinski definition) is 3. The number of aromatic amines is 1. The molecule has 3 rings (SSSR count). The number of hydrogen-bond donors (Lipinski definition) is 2. The number of nitrogens with one attached hydrogen (secondary N) is 2. The van der Waals surface area contributed by atoms with E-state index in [2.05, 4.69) is 10.3 Å². The van der Waals surface area contributed by atoms with Gasteiger partial charge < -0.3 is 10.3 Å². The Morgan fingerprint density at radius 3 is 2.61 bits per heavy atom. The second-order valence-corrected chi connectivity index (χ2v) is 6.08. The fourth-order valence-electron chi connectivity index (χ4n) is 2.52. The molecule has 118 valence electrons. The third kappa shape index (κ3) is 3.16. The van der Waals surface area contributed by atoms with Crippen LogP contribution in [0.3, 0.4) is 0 Å². The molecular formula is C16H12Cl2N2O3. The van der Waals surface area contributed by atoms with Crippen LogP contribution < -0.4 is 10.9 Å². The number of amides is 1. The van der Waals surface area contributed by atoms with Crippen LogP contribution in [-0.2, 0) is 6.42 Å². The zero-order valence-corrected chi connectivity index (χ0v) is 13.4. The first-order valence-electron chi connectivity index (χ1n) is 7.01. The van der Waals surface area contributed by atoms with Crippen LogP contribution in [0.25, 0.3) is 0 Å². The van der Waals surface area contributed by atoms with Crippen molar-refractivity contribution in [2.24, 2.45) is 0 Å². The van der Waals surface area contributed by atoms with E-state index >= 15 is 0 Å². The predicted molar refractivity (Wildman–Crippen MR) is 88.7 cm³/mol. The topological polar surface area (TPSA) is 79.0 Å². The number of aromatic nitrogens is 1. The highest BCUT2D eigenvalue weighted by molar-refractivity contribution is 6.42. The molecule has 2 aromatic rings. The van der Waals surface area contributed by atoms with Crippen molar-refractivity contribution in [3.63, 3.8) is 0 Å². The molecule has 0 unspecified atom stereocenters. The van der Waals surface area contributed by atoms with Gasteiger partial charge in [-0.1, -0.05) is 23.2 Å². The number of carbonyl (C=O) groups is 2. The van der Waals surface area contributed by atoms with Crippen LogP contribution >= 0.6 is 23.2 Å². The van der Waals surface area contributed by atoms with Crippen LogP contribution in [0.2, 0.25) is 10.0 Å². The average molecular weight is 351 g/mol. The second kappa shape index (κ2) is 6.18. The van der Waals surface area contributed by atoms with Crippen LogP contribution in [0, 0.1) is 0 Å². The number of fused-ring (bicyclic) bond motifs is 1. The van der Waals surface area contributed by atoms with Gasteiger partial charge >= 0.3 is 0 Å². The maximum Gasteiger partial charge on any atom is 0.261 e. The molecule has 5 nitrogen and oxygen atoms in total. The van der Waals surface area contributed by atoms with Gasteiger partial charge in [-0.25, -0.2) is 0 Å². The zero-order chi connectivity index (χ0) is 16.6. The van der Waals surface area contributed by atoms with E-state index < -0.39 is 11.5 Å². The molecule has 0 radical (unpaired) electrons. The summed E-state index contributed by atoms with van der Waals surface area (Å²) in [5.41, 5.74) is 0.793. The Labute approximate surface area is 141 Å². The maximum atomic E-state index is 12.3. The van der Waals surface area contributed by atoms with Gasteiger partial charge in [-0.3, -0.25) is 14.4 Å². The second-order valence-electron chi connectivity index (χ2n) is 5.26. The lowest BCUT2D eigenvalue weighted by Gasteiger charge is -2.15. The summed E-state index contributed by atoms with van der Waals surface area (Å²) in [6, 6.07) is 5.96. The summed E-state index contributed by atoms with van der Waals surface area (Å²) in [6.45, 7) is 0. The highest BCUT2D eigenvalue weighted by Crippen LogP contribution is 2.25. The van der Waals surface area contributed by atoms with Gasteiger partial charge in [-0.15, -0.1) is 0 Å². The van der Waals surface area contributed by atoms with Crippen molar-refractivity contribution in [1.82, 2.24) is 4.98 Å². The third-order valence-corrected chi connectivity index (χ3v) is 4.41. The first-order chi connectivity index (χ1) is 11.0. The van der Waals surface area contributed by atoms with Crippen LogP contribution in [0.4, 0.5) is 5.69 Å². The normalized spacial score (nSPS) is 13.6. The van der Waals surface area contributed by atoms with Gasteiger partial charge in [0.1, 0.15) is 5.56 Å². The number of anilines is 1. The molecule has 0 bridgehead atoms. The van der Waals surface area contributed by atoms with Gasteiger partial charge in [0.2, 0.25) is 0 Å². The van der Waals surface area contributed by atoms with Crippen molar-refractivity contribution < 1.29 is 9.59 Å². The molecule has 1 aliphatic carbocycles. The van der Waals surface area contributed by atoms with Gasteiger partial charge in [0, 0.05) is 23.4 Å². The number of aryl methyl sites for hydroxylation is 1. The summed E-state index contributed by atoms with van der Waals surface area (Å²) >= 11 is 11.7. The van der Waals surface area contributed by atoms with Gasteiger partial charge in [-0.05, 0) is 37.1 Å². The standard InChI is InChI=1S/C16H12Cl2N2O3/c17-11-5-4-8(6-12(11)18)19-15(22)10-7-9-13(20-16(10)23)2-1-3-14(9)21/h4-7H,1-3H2,(H,19,22)(H,20,23). The smallest absolute Gasteiger partial charge is 0.261 e. The Morgan fingerprint density at radius 2 is 1.87 bits per heavy atom. The average Bonchev–Trinajstić information content (AvgIpc) is 2.50. The minimum Gasteiger partial charge on any atom is -0.325 e. The number of benzene rings is 1. The molecule has 23 heavy (non-hydrogen) atoms. The molecule has 0 saturated carbocycles. The molecule has 0 aliphatic heterocycles. The molecule has 1 aromatic carbocycles. The molecule has 1 aromatic heterocycles. The molecule has 0 saturated heterocycles. The van der Waals surface area contributed by atoms with Gasteiger partial charge in [-0.2, -0.15) is 0 Å².